The topological polar surface area (TPSA) is 83.6 Å². The van der Waals surface area contributed by atoms with Gasteiger partial charge >= 0.3 is 12.1 Å². The maximum atomic E-state index is 12.4. The number of rotatable bonds is 4. The van der Waals surface area contributed by atoms with E-state index >= 15 is 0 Å². The first-order valence-electron chi connectivity index (χ1n) is 8.53. The van der Waals surface area contributed by atoms with E-state index in [2.05, 4.69) is 22.5 Å². The maximum Gasteiger partial charge on any atom is 0.407 e. The lowest BCUT2D eigenvalue weighted by Gasteiger charge is -2.25. The van der Waals surface area contributed by atoms with Crippen molar-refractivity contribution >= 4 is 23.5 Å². The van der Waals surface area contributed by atoms with Crippen molar-refractivity contribution < 1.29 is 14.3 Å². The van der Waals surface area contributed by atoms with Gasteiger partial charge < -0.3 is 20.3 Å². The largest absolute Gasteiger partial charge is 0.441 e. The molecule has 2 aliphatic heterocycles. The fourth-order valence-corrected chi connectivity index (χ4v) is 4.09. The Balaban J connectivity index is 1.49. The summed E-state index contributed by atoms with van der Waals surface area (Å²) in [5.74, 6) is 0. The van der Waals surface area contributed by atoms with Gasteiger partial charge in [-0.1, -0.05) is 6.92 Å². The molecule has 132 valence electrons. The molecular formula is C16H24N4O3S. The Kier molecular flexibility index (Phi) is 5.23. The Bertz CT molecular complexity index is 606. The van der Waals surface area contributed by atoms with Crippen LogP contribution < -0.4 is 10.6 Å². The maximum absolute atomic E-state index is 12.4. The summed E-state index contributed by atoms with van der Waals surface area (Å²) >= 11 is 1.65. The number of hydrogen-bond donors (Lipinski definition) is 2. The molecule has 0 aliphatic carbocycles. The first kappa shape index (κ1) is 17.0. The molecule has 3 heterocycles. The van der Waals surface area contributed by atoms with Crippen LogP contribution >= 0.6 is 11.3 Å². The Morgan fingerprint density at radius 1 is 1.50 bits per heavy atom. The smallest absolute Gasteiger partial charge is 0.407 e. The van der Waals surface area contributed by atoms with E-state index in [-0.39, 0.29) is 12.1 Å². The van der Waals surface area contributed by atoms with Crippen molar-refractivity contribution in [3.05, 3.63) is 16.1 Å². The minimum Gasteiger partial charge on any atom is -0.441 e. The lowest BCUT2D eigenvalue weighted by atomic mass is 9.95. The minimum absolute atomic E-state index is 0.0747. The van der Waals surface area contributed by atoms with E-state index in [1.807, 2.05) is 5.38 Å². The Morgan fingerprint density at radius 3 is 3.12 bits per heavy atom. The van der Waals surface area contributed by atoms with Crippen molar-refractivity contribution in [2.75, 3.05) is 19.6 Å². The second kappa shape index (κ2) is 7.38. The molecule has 3 rings (SSSR count). The summed E-state index contributed by atoms with van der Waals surface area (Å²) in [6.45, 7) is 4.41. The summed E-state index contributed by atoms with van der Waals surface area (Å²) in [5, 5.41) is 8.80. The van der Waals surface area contributed by atoms with Gasteiger partial charge in [0.05, 0.1) is 23.8 Å². The number of alkyl carbamates (subject to hydrolysis) is 1. The first-order chi connectivity index (χ1) is 11.6. The van der Waals surface area contributed by atoms with Gasteiger partial charge in [0.25, 0.3) is 0 Å². The molecule has 2 aliphatic rings. The molecule has 2 saturated heterocycles. The van der Waals surface area contributed by atoms with Crippen LogP contribution in [-0.2, 0) is 17.7 Å². The quantitative estimate of drug-likeness (QED) is 0.871. The summed E-state index contributed by atoms with van der Waals surface area (Å²) in [6, 6.07) is -0.0747. The number of likely N-dealkylation sites (tertiary alicyclic amines) is 1. The van der Waals surface area contributed by atoms with Crippen LogP contribution in [0.4, 0.5) is 9.59 Å². The number of carbonyl (C=O) groups is 2. The number of amides is 3. The highest BCUT2D eigenvalue weighted by Gasteiger charge is 2.41. The second-order valence-corrected chi connectivity index (χ2v) is 7.35. The second-order valence-electron chi connectivity index (χ2n) is 6.41. The Labute approximate surface area is 145 Å². The molecule has 1 spiro atoms. The molecule has 2 fully saturated rings. The standard InChI is InChI=1S/C16H24N4O3S/c1-2-4-13-19-12(10-24-13)9-17-14(21)20-7-3-5-16(6-8-20)11-18-15(22)23-16/h10H,2-9,11H2,1H3,(H,17,21)(H,18,22). The van der Waals surface area contributed by atoms with Crippen LogP contribution in [0.3, 0.4) is 0 Å². The van der Waals surface area contributed by atoms with Gasteiger partial charge in [-0.25, -0.2) is 14.6 Å². The number of nitrogens with zero attached hydrogens (tertiary/aromatic N) is 2. The molecule has 2 N–H and O–H groups in total. The minimum atomic E-state index is -0.434. The van der Waals surface area contributed by atoms with E-state index in [9.17, 15) is 9.59 Å². The molecule has 8 heteroatoms. The first-order valence-corrected chi connectivity index (χ1v) is 9.41. The van der Waals surface area contributed by atoms with Crippen molar-refractivity contribution in [2.24, 2.45) is 0 Å². The molecule has 0 radical (unpaired) electrons. The van der Waals surface area contributed by atoms with Crippen LogP contribution in [0.15, 0.2) is 5.38 Å². The number of ether oxygens (including phenoxy) is 1. The van der Waals surface area contributed by atoms with Crippen molar-refractivity contribution in [1.29, 1.82) is 0 Å². The fourth-order valence-electron chi connectivity index (χ4n) is 3.19. The molecule has 7 nitrogen and oxygen atoms in total. The highest BCUT2D eigenvalue weighted by Crippen LogP contribution is 2.29. The predicted octanol–water partition coefficient (Wildman–Crippen LogP) is 2.27. The van der Waals surface area contributed by atoms with E-state index in [1.165, 1.54) is 0 Å². The summed E-state index contributed by atoms with van der Waals surface area (Å²) in [4.78, 5) is 30.0. The third-order valence-electron chi connectivity index (χ3n) is 4.53. The molecule has 1 aromatic rings. The molecular weight excluding hydrogens is 328 g/mol. The summed E-state index contributed by atoms with van der Waals surface area (Å²) < 4.78 is 5.44. The third-order valence-corrected chi connectivity index (χ3v) is 5.49. The average Bonchev–Trinajstić information content (AvgIpc) is 3.09. The van der Waals surface area contributed by atoms with E-state index in [4.69, 9.17) is 4.74 Å². The molecule has 1 atom stereocenters. The van der Waals surface area contributed by atoms with Crippen LogP contribution in [-0.4, -0.2) is 47.2 Å². The zero-order valence-corrected chi connectivity index (χ0v) is 14.8. The van der Waals surface area contributed by atoms with Gasteiger partial charge in [-0.2, -0.15) is 0 Å². The fraction of sp³-hybridized carbons (Fsp3) is 0.688. The zero-order chi connectivity index (χ0) is 17.0. The van der Waals surface area contributed by atoms with Crippen molar-refractivity contribution in [3.63, 3.8) is 0 Å². The van der Waals surface area contributed by atoms with Crippen molar-refractivity contribution in [1.82, 2.24) is 20.5 Å². The number of aromatic nitrogens is 1. The normalized spacial score (nSPS) is 23.7. The predicted molar refractivity (Wildman–Crippen MR) is 91.0 cm³/mol. The number of urea groups is 1. The van der Waals surface area contributed by atoms with Gasteiger partial charge in [-0.15, -0.1) is 11.3 Å². The lowest BCUT2D eigenvalue weighted by molar-refractivity contribution is 0.0453. The summed E-state index contributed by atoms with van der Waals surface area (Å²) in [6.07, 6.45) is 4.02. The number of hydrogen-bond acceptors (Lipinski definition) is 5. The SMILES string of the molecule is CCCc1nc(CNC(=O)N2CCCC3(CC2)CNC(=O)O3)cs1. The average molecular weight is 352 g/mol. The van der Waals surface area contributed by atoms with E-state index in [1.54, 1.807) is 16.2 Å². The van der Waals surface area contributed by atoms with Gasteiger partial charge in [-0.3, -0.25) is 0 Å². The van der Waals surface area contributed by atoms with Crippen LogP contribution in [0.1, 0.15) is 43.3 Å². The van der Waals surface area contributed by atoms with Crippen molar-refractivity contribution in [2.45, 2.75) is 51.2 Å². The van der Waals surface area contributed by atoms with Crippen LogP contribution in [0.25, 0.3) is 0 Å². The van der Waals surface area contributed by atoms with Gasteiger partial charge in [-0.05, 0) is 25.7 Å². The van der Waals surface area contributed by atoms with Gasteiger partial charge in [0.2, 0.25) is 0 Å². The Hall–Kier alpha value is -1.83. The van der Waals surface area contributed by atoms with E-state index in [0.29, 0.717) is 32.6 Å². The summed E-state index contributed by atoms with van der Waals surface area (Å²) in [5.41, 5.74) is 0.479. The zero-order valence-electron chi connectivity index (χ0n) is 14.0. The monoisotopic (exact) mass is 352 g/mol. The van der Waals surface area contributed by atoms with E-state index < -0.39 is 5.60 Å². The van der Waals surface area contributed by atoms with Gasteiger partial charge in [0, 0.05) is 24.9 Å². The molecule has 1 aromatic heterocycles. The highest BCUT2D eigenvalue weighted by atomic mass is 32.1. The number of aryl methyl sites for hydroxylation is 1. The number of carbonyl (C=O) groups excluding carboxylic acids is 2. The van der Waals surface area contributed by atoms with Gasteiger partial charge in [0.15, 0.2) is 0 Å². The molecule has 1 unspecified atom stereocenters. The molecule has 0 bridgehead atoms. The third kappa shape index (κ3) is 3.98. The van der Waals surface area contributed by atoms with Crippen LogP contribution in [0, 0.1) is 0 Å². The molecule has 0 aromatic carbocycles. The van der Waals surface area contributed by atoms with Crippen LogP contribution in [0.5, 0.6) is 0 Å². The van der Waals surface area contributed by atoms with Crippen LogP contribution in [0.2, 0.25) is 0 Å². The number of nitrogens with one attached hydrogen (secondary N) is 2. The van der Waals surface area contributed by atoms with Crippen molar-refractivity contribution in [3.8, 4) is 0 Å². The summed E-state index contributed by atoms with van der Waals surface area (Å²) in [7, 11) is 0. The van der Waals surface area contributed by atoms with Gasteiger partial charge in [0.1, 0.15) is 5.60 Å². The molecule has 0 saturated carbocycles. The highest BCUT2D eigenvalue weighted by molar-refractivity contribution is 7.09. The Morgan fingerprint density at radius 2 is 2.38 bits per heavy atom. The lowest BCUT2D eigenvalue weighted by Crippen LogP contribution is -2.41. The number of thiazole rings is 1. The van der Waals surface area contributed by atoms with E-state index in [0.717, 1.165) is 36.4 Å². The molecule has 3 amide bonds. The molecule has 24 heavy (non-hydrogen) atoms.